The van der Waals surface area contributed by atoms with Crippen LogP contribution in [-0.4, -0.2) is 39.4 Å². The Morgan fingerprint density at radius 1 is 1.29 bits per heavy atom. The Hall–Kier alpha value is -1.34. The van der Waals surface area contributed by atoms with Crippen LogP contribution in [0.2, 0.25) is 0 Å². The molecule has 0 aliphatic carbocycles. The standard InChI is InChI=1S/C10H21N7/c1-8(7-16-5-3-2-4-6-16)9-14-15-10(13-11)17(9)12/h8H,2-7,11-12H2,1H3,(H,13,15). The van der Waals surface area contributed by atoms with Crippen LogP contribution < -0.4 is 17.1 Å². The first-order chi connectivity index (χ1) is 8.22. The summed E-state index contributed by atoms with van der Waals surface area (Å²) in [6.07, 6.45) is 3.93. The van der Waals surface area contributed by atoms with E-state index in [4.69, 9.17) is 11.7 Å². The molecule has 2 rings (SSSR count). The van der Waals surface area contributed by atoms with Gasteiger partial charge in [-0.15, -0.1) is 10.2 Å². The van der Waals surface area contributed by atoms with Crippen molar-refractivity contribution >= 4 is 5.95 Å². The molecule has 1 unspecified atom stereocenters. The molecular formula is C10H21N7. The van der Waals surface area contributed by atoms with Gasteiger partial charge in [0, 0.05) is 12.5 Å². The third-order valence-corrected chi connectivity index (χ3v) is 3.27. The van der Waals surface area contributed by atoms with Gasteiger partial charge in [-0.25, -0.2) is 10.5 Å². The van der Waals surface area contributed by atoms with Crippen molar-refractivity contribution in [3.8, 4) is 0 Å². The van der Waals surface area contributed by atoms with Gasteiger partial charge in [0.1, 0.15) is 0 Å². The molecule has 7 nitrogen and oxygen atoms in total. The number of nitrogens with two attached hydrogens (primary N) is 2. The quantitative estimate of drug-likeness (QED) is 0.500. The van der Waals surface area contributed by atoms with Gasteiger partial charge in [-0.05, 0) is 25.9 Å². The van der Waals surface area contributed by atoms with Crippen LogP contribution >= 0.6 is 0 Å². The van der Waals surface area contributed by atoms with Crippen LogP contribution in [-0.2, 0) is 0 Å². The number of nitrogen functional groups attached to an aromatic ring is 2. The molecule has 2 heterocycles. The number of nitrogens with one attached hydrogen (secondary N) is 1. The molecule has 1 aliphatic heterocycles. The van der Waals surface area contributed by atoms with Gasteiger partial charge in [0.05, 0.1) is 0 Å². The Bertz CT molecular complexity index is 356. The van der Waals surface area contributed by atoms with E-state index in [1.165, 1.54) is 37.0 Å². The zero-order chi connectivity index (χ0) is 12.3. The van der Waals surface area contributed by atoms with Gasteiger partial charge in [-0.2, -0.15) is 0 Å². The van der Waals surface area contributed by atoms with E-state index in [-0.39, 0.29) is 5.92 Å². The van der Waals surface area contributed by atoms with Crippen LogP contribution in [0.4, 0.5) is 5.95 Å². The van der Waals surface area contributed by atoms with E-state index in [9.17, 15) is 0 Å². The second kappa shape index (κ2) is 5.33. The lowest BCUT2D eigenvalue weighted by molar-refractivity contribution is 0.216. The first kappa shape index (κ1) is 12.1. The molecule has 1 aromatic rings. The van der Waals surface area contributed by atoms with Gasteiger partial charge in [0.25, 0.3) is 5.95 Å². The SMILES string of the molecule is CC(CN1CCCCC1)c1nnc(NN)n1N. The lowest BCUT2D eigenvalue weighted by atomic mass is 10.1. The summed E-state index contributed by atoms with van der Waals surface area (Å²) >= 11 is 0. The van der Waals surface area contributed by atoms with Gasteiger partial charge < -0.3 is 10.7 Å². The molecule has 0 amide bonds. The van der Waals surface area contributed by atoms with Crippen molar-refractivity contribution in [1.29, 1.82) is 0 Å². The Morgan fingerprint density at radius 3 is 2.59 bits per heavy atom. The highest BCUT2D eigenvalue weighted by atomic mass is 15.5. The van der Waals surface area contributed by atoms with E-state index in [0.717, 1.165) is 12.4 Å². The minimum absolute atomic E-state index is 0.257. The van der Waals surface area contributed by atoms with Crippen LogP contribution in [0.3, 0.4) is 0 Å². The number of anilines is 1. The summed E-state index contributed by atoms with van der Waals surface area (Å²) in [6.45, 7) is 5.43. The zero-order valence-corrected chi connectivity index (χ0v) is 10.3. The smallest absolute Gasteiger partial charge is 0.257 e. The summed E-state index contributed by atoms with van der Waals surface area (Å²) in [5.41, 5.74) is 2.42. The highest BCUT2D eigenvalue weighted by Gasteiger charge is 2.19. The second-order valence-electron chi connectivity index (χ2n) is 4.66. The van der Waals surface area contributed by atoms with Crippen LogP contribution in [0.5, 0.6) is 0 Å². The van der Waals surface area contributed by atoms with Crippen molar-refractivity contribution in [3.05, 3.63) is 5.82 Å². The first-order valence-corrected chi connectivity index (χ1v) is 6.11. The summed E-state index contributed by atoms with van der Waals surface area (Å²) in [6, 6.07) is 0. The van der Waals surface area contributed by atoms with Crippen LogP contribution in [0.25, 0.3) is 0 Å². The zero-order valence-electron chi connectivity index (χ0n) is 10.3. The Balaban J connectivity index is 1.98. The first-order valence-electron chi connectivity index (χ1n) is 6.11. The van der Waals surface area contributed by atoms with Crippen LogP contribution in [0, 0.1) is 0 Å². The molecule has 1 fully saturated rings. The second-order valence-corrected chi connectivity index (χ2v) is 4.66. The molecule has 1 aromatic heterocycles. The monoisotopic (exact) mass is 239 g/mol. The number of aromatic nitrogens is 3. The molecule has 17 heavy (non-hydrogen) atoms. The maximum Gasteiger partial charge on any atom is 0.257 e. The Kier molecular flexibility index (Phi) is 3.80. The number of piperidine rings is 1. The van der Waals surface area contributed by atoms with Crippen molar-refractivity contribution < 1.29 is 0 Å². The molecule has 1 aliphatic rings. The van der Waals surface area contributed by atoms with Gasteiger partial charge in [-0.3, -0.25) is 5.43 Å². The molecule has 0 bridgehead atoms. The highest BCUT2D eigenvalue weighted by molar-refractivity contribution is 5.24. The minimum Gasteiger partial charge on any atom is -0.335 e. The molecule has 1 atom stereocenters. The predicted octanol–water partition coefficient (Wildman–Crippen LogP) is -0.133. The summed E-state index contributed by atoms with van der Waals surface area (Å²) in [7, 11) is 0. The minimum atomic E-state index is 0.257. The molecule has 0 saturated carbocycles. The topological polar surface area (TPSA) is 98.0 Å². The lowest BCUT2D eigenvalue weighted by Crippen LogP contribution is -2.34. The van der Waals surface area contributed by atoms with E-state index < -0.39 is 0 Å². The molecule has 96 valence electrons. The number of nitrogens with zero attached hydrogens (tertiary/aromatic N) is 4. The molecule has 7 heteroatoms. The molecule has 5 N–H and O–H groups in total. The van der Waals surface area contributed by atoms with Gasteiger partial charge in [-0.1, -0.05) is 13.3 Å². The van der Waals surface area contributed by atoms with Crippen molar-refractivity contribution in [1.82, 2.24) is 19.8 Å². The van der Waals surface area contributed by atoms with Crippen molar-refractivity contribution in [3.63, 3.8) is 0 Å². The van der Waals surface area contributed by atoms with E-state index in [0.29, 0.717) is 5.95 Å². The number of hydrogen-bond donors (Lipinski definition) is 3. The average Bonchev–Trinajstić information content (AvgIpc) is 2.71. The Morgan fingerprint density at radius 2 is 2.00 bits per heavy atom. The summed E-state index contributed by atoms with van der Waals surface area (Å²) in [4.78, 5) is 2.46. The maximum absolute atomic E-state index is 5.85. The third-order valence-electron chi connectivity index (χ3n) is 3.27. The summed E-state index contributed by atoms with van der Waals surface area (Å²) in [5, 5.41) is 7.95. The lowest BCUT2D eigenvalue weighted by Gasteiger charge is -2.28. The molecule has 0 spiro atoms. The highest BCUT2D eigenvalue weighted by Crippen LogP contribution is 2.18. The molecule has 0 radical (unpaired) electrons. The number of likely N-dealkylation sites (tertiary alicyclic amines) is 1. The van der Waals surface area contributed by atoms with E-state index in [1.807, 2.05) is 0 Å². The fourth-order valence-corrected chi connectivity index (χ4v) is 2.35. The maximum atomic E-state index is 5.85. The van der Waals surface area contributed by atoms with Gasteiger partial charge in [0.15, 0.2) is 5.82 Å². The number of hydrazine groups is 1. The van der Waals surface area contributed by atoms with Gasteiger partial charge in [0.2, 0.25) is 0 Å². The fraction of sp³-hybridized carbons (Fsp3) is 0.800. The number of rotatable bonds is 4. The fourth-order valence-electron chi connectivity index (χ4n) is 2.35. The summed E-state index contributed by atoms with van der Waals surface area (Å²) in [5.74, 6) is 12.6. The average molecular weight is 239 g/mol. The van der Waals surface area contributed by atoms with Crippen molar-refractivity contribution in [2.45, 2.75) is 32.1 Å². The molecular weight excluding hydrogens is 218 g/mol. The van der Waals surface area contributed by atoms with Gasteiger partial charge >= 0.3 is 0 Å². The van der Waals surface area contributed by atoms with Crippen LogP contribution in [0.15, 0.2) is 0 Å². The van der Waals surface area contributed by atoms with E-state index in [2.05, 4.69) is 27.4 Å². The van der Waals surface area contributed by atoms with Crippen LogP contribution in [0.1, 0.15) is 37.9 Å². The molecule has 0 aromatic carbocycles. The van der Waals surface area contributed by atoms with E-state index >= 15 is 0 Å². The Labute approximate surface area is 101 Å². The predicted molar refractivity (Wildman–Crippen MR) is 66.7 cm³/mol. The van der Waals surface area contributed by atoms with E-state index in [1.54, 1.807) is 0 Å². The normalized spacial score (nSPS) is 19.2. The number of hydrogen-bond acceptors (Lipinski definition) is 6. The molecule has 1 saturated heterocycles. The van der Waals surface area contributed by atoms with Crippen molar-refractivity contribution in [2.75, 3.05) is 30.9 Å². The van der Waals surface area contributed by atoms with Crippen molar-refractivity contribution in [2.24, 2.45) is 5.84 Å². The third kappa shape index (κ3) is 2.67. The largest absolute Gasteiger partial charge is 0.335 e. The summed E-state index contributed by atoms with van der Waals surface area (Å²) < 4.78 is 1.43.